The summed E-state index contributed by atoms with van der Waals surface area (Å²) in [6, 6.07) is 4.41. The van der Waals surface area contributed by atoms with Gasteiger partial charge in [0, 0.05) is 24.6 Å². The molecule has 0 spiro atoms. The van der Waals surface area contributed by atoms with Crippen molar-refractivity contribution < 1.29 is 14.3 Å². The summed E-state index contributed by atoms with van der Waals surface area (Å²) < 4.78 is 14.0. The molecular formula is C17H22FNO2. The van der Waals surface area contributed by atoms with Crippen molar-refractivity contribution in [1.29, 1.82) is 0 Å². The van der Waals surface area contributed by atoms with Crippen LogP contribution in [0, 0.1) is 17.7 Å². The number of rotatable bonds is 5. The van der Waals surface area contributed by atoms with E-state index < -0.39 is 5.82 Å². The third-order valence-electron chi connectivity index (χ3n) is 3.02. The maximum absolute atomic E-state index is 14.0. The zero-order chi connectivity index (χ0) is 15.8. The van der Waals surface area contributed by atoms with Crippen molar-refractivity contribution >= 4 is 5.91 Å². The van der Waals surface area contributed by atoms with E-state index in [0.717, 1.165) is 6.42 Å². The van der Waals surface area contributed by atoms with Crippen LogP contribution in [0.15, 0.2) is 18.2 Å². The minimum Gasteiger partial charge on any atom is -0.395 e. The quantitative estimate of drug-likeness (QED) is 0.847. The van der Waals surface area contributed by atoms with Gasteiger partial charge in [-0.05, 0) is 38.5 Å². The predicted molar refractivity (Wildman–Crippen MR) is 81.4 cm³/mol. The van der Waals surface area contributed by atoms with Crippen LogP contribution in [0.2, 0.25) is 0 Å². The number of hydrogen-bond acceptors (Lipinski definition) is 2. The van der Waals surface area contributed by atoms with Gasteiger partial charge >= 0.3 is 0 Å². The fourth-order valence-corrected chi connectivity index (χ4v) is 1.96. The smallest absolute Gasteiger partial charge is 0.254 e. The SMILES string of the molecule is CCCN(C(=O)c1ccc(C#CCCO)c(F)c1)C(C)C. The van der Waals surface area contributed by atoms with Crippen molar-refractivity contribution in [2.75, 3.05) is 13.2 Å². The Morgan fingerprint density at radius 1 is 1.43 bits per heavy atom. The molecule has 1 N–H and O–H groups in total. The molecule has 0 aliphatic carbocycles. The van der Waals surface area contributed by atoms with E-state index >= 15 is 0 Å². The highest BCUT2D eigenvalue weighted by Crippen LogP contribution is 2.14. The Labute approximate surface area is 125 Å². The van der Waals surface area contributed by atoms with E-state index in [1.54, 1.807) is 11.0 Å². The van der Waals surface area contributed by atoms with Crippen molar-refractivity contribution in [2.45, 2.75) is 39.7 Å². The molecule has 114 valence electrons. The van der Waals surface area contributed by atoms with Gasteiger partial charge in [0.15, 0.2) is 0 Å². The zero-order valence-electron chi connectivity index (χ0n) is 12.8. The van der Waals surface area contributed by atoms with Crippen LogP contribution in [0.25, 0.3) is 0 Å². The Morgan fingerprint density at radius 3 is 2.67 bits per heavy atom. The Kier molecular flexibility index (Phi) is 6.90. The van der Waals surface area contributed by atoms with E-state index in [1.165, 1.54) is 12.1 Å². The van der Waals surface area contributed by atoms with Crippen LogP contribution < -0.4 is 0 Å². The third kappa shape index (κ3) is 4.87. The number of benzene rings is 1. The molecule has 4 heteroatoms. The molecule has 3 nitrogen and oxygen atoms in total. The minimum atomic E-state index is -0.508. The number of carbonyl (C=O) groups excluding carboxylic acids is 1. The molecular weight excluding hydrogens is 269 g/mol. The van der Waals surface area contributed by atoms with E-state index in [0.29, 0.717) is 18.5 Å². The molecule has 1 rings (SSSR count). The molecule has 0 heterocycles. The summed E-state index contributed by atoms with van der Waals surface area (Å²) in [5, 5.41) is 8.65. The van der Waals surface area contributed by atoms with Crippen molar-refractivity contribution in [2.24, 2.45) is 0 Å². The summed E-state index contributed by atoms with van der Waals surface area (Å²) in [5.41, 5.74) is 0.578. The lowest BCUT2D eigenvalue weighted by Crippen LogP contribution is -2.37. The molecule has 0 aliphatic heterocycles. The monoisotopic (exact) mass is 291 g/mol. The molecule has 0 saturated heterocycles. The van der Waals surface area contributed by atoms with Crippen LogP contribution in [0.1, 0.15) is 49.5 Å². The molecule has 0 bridgehead atoms. The lowest BCUT2D eigenvalue weighted by molar-refractivity contribution is 0.0705. The van der Waals surface area contributed by atoms with E-state index in [1.807, 2.05) is 20.8 Å². The Morgan fingerprint density at radius 2 is 2.14 bits per heavy atom. The van der Waals surface area contributed by atoms with Gasteiger partial charge in [-0.25, -0.2) is 4.39 Å². The van der Waals surface area contributed by atoms with Gasteiger partial charge in [-0.3, -0.25) is 4.79 Å². The molecule has 0 atom stereocenters. The number of aliphatic hydroxyl groups is 1. The summed E-state index contributed by atoms with van der Waals surface area (Å²) in [4.78, 5) is 14.1. The molecule has 0 aliphatic rings. The number of amides is 1. The largest absolute Gasteiger partial charge is 0.395 e. The Hall–Kier alpha value is -1.86. The highest BCUT2D eigenvalue weighted by atomic mass is 19.1. The summed E-state index contributed by atoms with van der Waals surface area (Å²) in [6.07, 6.45) is 1.16. The molecule has 1 amide bonds. The topological polar surface area (TPSA) is 40.5 Å². The second-order valence-electron chi connectivity index (χ2n) is 5.06. The van der Waals surface area contributed by atoms with Gasteiger partial charge in [-0.1, -0.05) is 18.8 Å². The van der Waals surface area contributed by atoms with Crippen molar-refractivity contribution in [3.05, 3.63) is 35.1 Å². The van der Waals surface area contributed by atoms with Crippen LogP contribution in [-0.2, 0) is 0 Å². The van der Waals surface area contributed by atoms with Gasteiger partial charge in [-0.2, -0.15) is 0 Å². The van der Waals surface area contributed by atoms with Gasteiger partial charge in [0.1, 0.15) is 5.82 Å². The first-order valence-electron chi connectivity index (χ1n) is 7.21. The fraction of sp³-hybridized carbons (Fsp3) is 0.471. The zero-order valence-corrected chi connectivity index (χ0v) is 12.8. The van der Waals surface area contributed by atoms with Crippen molar-refractivity contribution in [3.8, 4) is 11.8 Å². The van der Waals surface area contributed by atoms with Crippen LogP contribution in [0.5, 0.6) is 0 Å². The average molecular weight is 291 g/mol. The molecule has 0 saturated carbocycles. The third-order valence-corrected chi connectivity index (χ3v) is 3.02. The number of hydrogen-bond donors (Lipinski definition) is 1. The molecule has 21 heavy (non-hydrogen) atoms. The molecule has 0 aromatic heterocycles. The Bertz CT molecular complexity index is 543. The standard InChI is InChI=1S/C17H22FNO2/c1-4-10-19(13(2)3)17(21)15-9-8-14(16(18)12-15)7-5-6-11-20/h8-9,12-13,20H,4,6,10-11H2,1-3H3. The summed E-state index contributed by atoms with van der Waals surface area (Å²) >= 11 is 0. The predicted octanol–water partition coefficient (Wildman–Crippen LogP) is 2.82. The highest BCUT2D eigenvalue weighted by Gasteiger charge is 2.18. The van der Waals surface area contributed by atoms with Crippen molar-refractivity contribution in [1.82, 2.24) is 4.90 Å². The lowest BCUT2D eigenvalue weighted by Gasteiger charge is -2.26. The molecule has 0 unspecified atom stereocenters. The normalized spacial score (nSPS) is 10.2. The molecule has 0 radical (unpaired) electrons. The van der Waals surface area contributed by atoms with Crippen LogP contribution in [-0.4, -0.2) is 35.1 Å². The molecule has 0 fully saturated rings. The first kappa shape index (κ1) is 17.2. The summed E-state index contributed by atoms with van der Waals surface area (Å²) in [5.74, 6) is 4.64. The van der Waals surface area contributed by atoms with Crippen molar-refractivity contribution in [3.63, 3.8) is 0 Å². The second-order valence-corrected chi connectivity index (χ2v) is 5.06. The minimum absolute atomic E-state index is 0.0500. The van der Waals surface area contributed by atoms with Gasteiger partial charge in [0.05, 0.1) is 12.2 Å². The van der Waals surface area contributed by atoms with E-state index in [-0.39, 0.29) is 24.1 Å². The second kappa shape index (κ2) is 8.43. The Balaban J connectivity index is 2.97. The first-order chi connectivity index (χ1) is 10.0. The van der Waals surface area contributed by atoms with Gasteiger partial charge in [0.2, 0.25) is 0 Å². The fourth-order valence-electron chi connectivity index (χ4n) is 1.96. The molecule has 1 aromatic rings. The van der Waals surface area contributed by atoms with Gasteiger partial charge < -0.3 is 10.0 Å². The highest BCUT2D eigenvalue weighted by molar-refractivity contribution is 5.94. The summed E-state index contributed by atoms with van der Waals surface area (Å²) in [7, 11) is 0. The van der Waals surface area contributed by atoms with Gasteiger partial charge in [0.25, 0.3) is 5.91 Å². The number of nitrogens with zero attached hydrogens (tertiary/aromatic N) is 1. The number of carbonyl (C=O) groups is 1. The number of aliphatic hydroxyl groups excluding tert-OH is 1. The van der Waals surface area contributed by atoms with E-state index in [2.05, 4.69) is 11.8 Å². The van der Waals surface area contributed by atoms with Gasteiger partial charge in [-0.15, -0.1) is 0 Å². The van der Waals surface area contributed by atoms with Crippen LogP contribution >= 0.6 is 0 Å². The van der Waals surface area contributed by atoms with Crippen LogP contribution in [0.3, 0.4) is 0 Å². The first-order valence-corrected chi connectivity index (χ1v) is 7.21. The average Bonchev–Trinajstić information content (AvgIpc) is 2.45. The maximum Gasteiger partial charge on any atom is 0.254 e. The number of halogens is 1. The maximum atomic E-state index is 14.0. The lowest BCUT2D eigenvalue weighted by atomic mass is 10.1. The van der Waals surface area contributed by atoms with E-state index in [4.69, 9.17) is 5.11 Å². The summed E-state index contributed by atoms with van der Waals surface area (Å²) in [6.45, 7) is 6.49. The van der Waals surface area contributed by atoms with Crippen LogP contribution in [0.4, 0.5) is 4.39 Å². The molecule has 1 aromatic carbocycles. The van der Waals surface area contributed by atoms with E-state index in [9.17, 15) is 9.18 Å².